The Hall–Kier alpha value is -1.21. The summed E-state index contributed by atoms with van der Waals surface area (Å²) in [5.74, 6) is 0. The van der Waals surface area contributed by atoms with E-state index >= 15 is 0 Å². The summed E-state index contributed by atoms with van der Waals surface area (Å²) in [5, 5.41) is 7.94. The standard InChI is InChI=1S/C8H14N4O2S/c1-5(9-11-15(13)14)8-6(2)10-12(4)7(8)3/h11H,1-4H3,(H,13,14)/p-1/b9-5+. The molecular formula is C8H13N4O2S-. The number of nitrogens with zero attached hydrogens (tertiary/aromatic N) is 3. The molecule has 15 heavy (non-hydrogen) atoms. The van der Waals surface area contributed by atoms with Gasteiger partial charge < -0.3 is 4.55 Å². The second-order valence-corrected chi connectivity index (χ2v) is 3.84. The molecule has 0 saturated carbocycles. The number of hydrogen-bond acceptors (Lipinski definition) is 4. The maximum absolute atomic E-state index is 10.3. The highest BCUT2D eigenvalue weighted by Gasteiger charge is 2.11. The smallest absolute Gasteiger partial charge is 0.0691 e. The normalized spacial score (nSPS) is 14.1. The van der Waals surface area contributed by atoms with Crippen molar-refractivity contribution in [2.24, 2.45) is 12.1 Å². The first-order valence-electron chi connectivity index (χ1n) is 4.33. The van der Waals surface area contributed by atoms with Crippen LogP contribution in [0.15, 0.2) is 5.10 Å². The predicted molar refractivity (Wildman–Crippen MR) is 56.9 cm³/mol. The first-order valence-corrected chi connectivity index (χ1v) is 5.40. The van der Waals surface area contributed by atoms with Gasteiger partial charge in [-0.3, -0.25) is 8.89 Å². The Kier molecular flexibility index (Phi) is 3.59. The van der Waals surface area contributed by atoms with E-state index in [9.17, 15) is 8.76 Å². The monoisotopic (exact) mass is 229 g/mol. The van der Waals surface area contributed by atoms with Gasteiger partial charge in [0.1, 0.15) is 0 Å². The second-order valence-electron chi connectivity index (χ2n) is 3.19. The van der Waals surface area contributed by atoms with Crippen molar-refractivity contribution in [1.82, 2.24) is 14.6 Å². The molecule has 0 aliphatic heterocycles. The number of aryl methyl sites for hydroxylation is 2. The third-order valence-electron chi connectivity index (χ3n) is 2.16. The first kappa shape index (κ1) is 11.9. The lowest BCUT2D eigenvalue weighted by molar-refractivity contribution is 0.525. The van der Waals surface area contributed by atoms with E-state index in [1.165, 1.54) is 0 Å². The minimum atomic E-state index is -2.38. The van der Waals surface area contributed by atoms with Gasteiger partial charge in [0.2, 0.25) is 0 Å². The molecule has 1 atom stereocenters. The van der Waals surface area contributed by atoms with Crippen molar-refractivity contribution in [3.05, 3.63) is 17.0 Å². The highest BCUT2D eigenvalue weighted by Crippen LogP contribution is 2.12. The van der Waals surface area contributed by atoms with Crippen molar-refractivity contribution in [2.45, 2.75) is 20.8 Å². The average molecular weight is 229 g/mol. The lowest BCUT2D eigenvalue weighted by atomic mass is 10.1. The van der Waals surface area contributed by atoms with Gasteiger partial charge in [-0.05, 0) is 20.8 Å². The Labute approximate surface area is 90.8 Å². The van der Waals surface area contributed by atoms with Crippen LogP contribution < -0.4 is 4.83 Å². The zero-order valence-electron chi connectivity index (χ0n) is 9.07. The SMILES string of the molecule is C/C(=N\NS(=O)[O-])c1c(C)nn(C)c1C. The van der Waals surface area contributed by atoms with E-state index in [4.69, 9.17) is 0 Å². The number of rotatable bonds is 3. The van der Waals surface area contributed by atoms with Gasteiger partial charge >= 0.3 is 0 Å². The fourth-order valence-electron chi connectivity index (χ4n) is 1.46. The van der Waals surface area contributed by atoms with Crippen LogP contribution in [0.4, 0.5) is 0 Å². The highest BCUT2D eigenvalue weighted by molar-refractivity contribution is 7.77. The lowest BCUT2D eigenvalue weighted by Gasteiger charge is -2.05. The van der Waals surface area contributed by atoms with Crippen molar-refractivity contribution in [1.29, 1.82) is 0 Å². The Morgan fingerprint density at radius 1 is 1.60 bits per heavy atom. The third kappa shape index (κ3) is 2.63. The van der Waals surface area contributed by atoms with E-state index in [0.29, 0.717) is 5.71 Å². The Morgan fingerprint density at radius 3 is 2.60 bits per heavy atom. The van der Waals surface area contributed by atoms with Crippen LogP contribution in [-0.4, -0.2) is 24.3 Å². The maximum Gasteiger partial charge on any atom is 0.0691 e. The Morgan fingerprint density at radius 2 is 2.20 bits per heavy atom. The van der Waals surface area contributed by atoms with E-state index < -0.39 is 11.3 Å². The minimum absolute atomic E-state index is 0.599. The molecule has 1 N–H and O–H groups in total. The van der Waals surface area contributed by atoms with Crippen LogP contribution in [0.25, 0.3) is 0 Å². The zero-order valence-corrected chi connectivity index (χ0v) is 9.88. The fourth-order valence-corrected chi connectivity index (χ4v) is 1.67. The number of aromatic nitrogens is 2. The van der Waals surface area contributed by atoms with Crippen LogP contribution in [-0.2, 0) is 18.3 Å². The molecule has 1 aromatic rings. The van der Waals surface area contributed by atoms with Crippen molar-refractivity contribution >= 4 is 17.0 Å². The van der Waals surface area contributed by atoms with Crippen LogP contribution in [0.5, 0.6) is 0 Å². The summed E-state index contributed by atoms with van der Waals surface area (Å²) in [5.41, 5.74) is 3.25. The van der Waals surface area contributed by atoms with E-state index in [1.54, 1.807) is 11.6 Å². The summed E-state index contributed by atoms with van der Waals surface area (Å²) in [6.45, 7) is 5.49. The summed E-state index contributed by atoms with van der Waals surface area (Å²) in [4.78, 5) is 1.98. The molecule has 0 spiro atoms. The summed E-state index contributed by atoms with van der Waals surface area (Å²) in [6, 6.07) is 0. The lowest BCUT2D eigenvalue weighted by Crippen LogP contribution is -2.12. The van der Waals surface area contributed by atoms with E-state index in [1.807, 2.05) is 25.7 Å². The van der Waals surface area contributed by atoms with Gasteiger partial charge in [0.25, 0.3) is 0 Å². The van der Waals surface area contributed by atoms with Gasteiger partial charge in [0.05, 0.1) is 22.7 Å². The summed E-state index contributed by atoms with van der Waals surface area (Å²) in [6.07, 6.45) is 0. The van der Waals surface area contributed by atoms with E-state index in [0.717, 1.165) is 17.0 Å². The molecule has 1 aromatic heterocycles. The quantitative estimate of drug-likeness (QED) is 0.455. The van der Waals surface area contributed by atoms with Crippen molar-refractivity contribution in [3.8, 4) is 0 Å². The molecule has 6 nitrogen and oxygen atoms in total. The predicted octanol–water partition coefficient (Wildman–Crippen LogP) is 0.145. The van der Waals surface area contributed by atoms with Crippen LogP contribution in [0.1, 0.15) is 23.9 Å². The molecule has 0 radical (unpaired) electrons. The number of nitrogens with one attached hydrogen (secondary N) is 1. The third-order valence-corrected chi connectivity index (χ3v) is 2.40. The van der Waals surface area contributed by atoms with Crippen molar-refractivity contribution in [3.63, 3.8) is 0 Å². The number of hydrogen-bond donors (Lipinski definition) is 1. The van der Waals surface area contributed by atoms with Crippen LogP contribution in [0, 0.1) is 13.8 Å². The molecule has 7 heteroatoms. The van der Waals surface area contributed by atoms with Crippen molar-refractivity contribution < 1.29 is 8.76 Å². The first-order chi connectivity index (χ1) is 6.93. The van der Waals surface area contributed by atoms with E-state index in [2.05, 4.69) is 10.2 Å². The molecule has 0 saturated heterocycles. The Balaban J connectivity index is 3.05. The molecule has 84 valence electrons. The average Bonchev–Trinajstić information content (AvgIpc) is 2.37. The molecule has 1 rings (SSSR count). The van der Waals surface area contributed by atoms with Crippen LogP contribution in [0.2, 0.25) is 0 Å². The van der Waals surface area contributed by atoms with Crippen LogP contribution in [0.3, 0.4) is 0 Å². The van der Waals surface area contributed by atoms with Gasteiger partial charge in [-0.25, -0.2) is 4.83 Å². The molecule has 0 aromatic carbocycles. The van der Waals surface area contributed by atoms with Gasteiger partial charge in [-0.1, -0.05) is 0 Å². The van der Waals surface area contributed by atoms with Gasteiger partial charge in [0.15, 0.2) is 0 Å². The van der Waals surface area contributed by atoms with E-state index in [-0.39, 0.29) is 0 Å². The molecule has 1 heterocycles. The molecule has 0 amide bonds. The van der Waals surface area contributed by atoms with Crippen LogP contribution >= 0.6 is 0 Å². The molecule has 1 unspecified atom stereocenters. The molecule has 0 aliphatic carbocycles. The largest absolute Gasteiger partial charge is 0.754 e. The highest BCUT2D eigenvalue weighted by atomic mass is 32.2. The second kappa shape index (κ2) is 4.54. The number of hydrazone groups is 1. The molecule has 0 fully saturated rings. The summed E-state index contributed by atoms with van der Waals surface area (Å²) < 4.78 is 22.3. The Bertz CT molecular complexity index is 425. The molecule has 0 bridgehead atoms. The van der Waals surface area contributed by atoms with Gasteiger partial charge in [-0.2, -0.15) is 10.2 Å². The minimum Gasteiger partial charge on any atom is -0.754 e. The molecular weight excluding hydrogens is 216 g/mol. The summed E-state index contributed by atoms with van der Waals surface area (Å²) in [7, 11) is 1.83. The zero-order chi connectivity index (χ0) is 11.6. The maximum atomic E-state index is 10.3. The summed E-state index contributed by atoms with van der Waals surface area (Å²) >= 11 is -2.38. The fraction of sp³-hybridized carbons (Fsp3) is 0.500. The van der Waals surface area contributed by atoms with Gasteiger partial charge in [-0.15, -0.1) is 0 Å². The van der Waals surface area contributed by atoms with Crippen molar-refractivity contribution in [2.75, 3.05) is 0 Å². The topological polar surface area (TPSA) is 82.3 Å². The molecule has 0 aliphatic rings. The van der Waals surface area contributed by atoms with Gasteiger partial charge in [0, 0.05) is 18.3 Å².